The summed E-state index contributed by atoms with van der Waals surface area (Å²) in [6, 6.07) is 5.83. The lowest BCUT2D eigenvalue weighted by Crippen LogP contribution is -2.45. The Kier molecular flexibility index (Phi) is 10.4. The maximum Gasteiger partial charge on any atom is 0.308 e. The van der Waals surface area contributed by atoms with Crippen LogP contribution in [-0.4, -0.2) is 113 Å². The number of aromatic nitrogens is 1. The summed E-state index contributed by atoms with van der Waals surface area (Å²) in [5, 5.41) is 31.0. The zero-order chi connectivity index (χ0) is 30.4. The molecule has 0 spiro atoms. The summed E-state index contributed by atoms with van der Waals surface area (Å²) in [5.41, 5.74) is 0.726. The van der Waals surface area contributed by atoms with Gasteiger partial charge in [-0.05, 0) is 57.6 Å². The Hall–Kier alpha value is -3.64. The number of carboxylic acids is 1. The van der Waals surface area contributed by atoms with E-state index < -0.39 is 23.8 Å². The van der Waals surface area contributed by atoms with E-state index in [2.05, 4.69) is 11.8 Å². The SMILES string of the molecule is CCCCN(CCCN(C)C)C(=O)CN1C[C@H](c2cc(OC)c3c(c2)OCO3)C(C(=O)O)[C@@H]1CCn1c(O)ccc1O. The van der Waals surface area contributed by atoms with E-state index in [0.717, 1.165) is 31.4 Å². The van der Waals surface area contributed by atoms with Crippen molar-refractivity contribution in [1.29, 1.82) is 0 Å². The molecule has 1 saturated heterocycles. The van der Waals surface area contributed by atoms with E-state index in [1.54, 1.807) is 12.1 Å². The lowest BCUT2D eigenvalue weighted by molar-refractivity contribution is -0.144. The van der Waals surface area contributed by atoms with E-state index in [1.807, 2.05) is 23.9 Å². The average Bonchev–Trinajstić information content (AvgIpc) is 3.65. The minimum atomic E-state index is -0.980. The topological polar surface area (TPSA) is 137 Å². The van der Waals surface area contributed by atoms with Crippen molar-refractivity contribution in [3.05, 3.63) is 29.8 Å². The highest BCUT2D eigenvalue weighted by Gasteiger charge is 2.47. The van der Waals surface area contributed by atoms with Crippen LogP contribution >= 0.6 is 0 Å². The highest BCUT2D eigenvalue weighted by atomic mass is 16.7. The van der Waals surface area contributed by atoms with Crippen molar-refractivity contribution in [1.82, 2.24) is 19.3 Å². The van der Waals surface area contributed by atoms with Crippen LogP contribution in [0.25, 0.3) is 0 Å². The number of carbonyl (C=O) groups excluding carboxylic acids is 1. The van der Waals surface area contributed by atoms with Crippen molar-refractivity contribution in [3.63, 3.8) is 0 Å². The minimum Gasteiger partial charge on any atom is -0.494 e. The summed E-state index contributed by atoms with van der Waals surface area (Å²) < 4.78 is 18.0. The molecule has 3 N–H and O–H groups in total. The monoisotopic (exact) mass is 588 g/mol. The molecule has 0 aliphatic carbocycles. The highest BCUT2D eigenvalue weighted by molar-refractivity contribution is 5.79. The fraction of sp³-hybridized carbons (Fsp3) is 0.600. The van der Waals surface area contributed by atoms with Crippen LogP contribution in [0.4, 0.5) is 0 Å². The Morgan fingerprint density at radius 3 is 2.43 bits per heavy atom. The van der Waals surface area contributed by atoms with Crippen LogP contribution in [0.15, 0.2) is 24.3 Å². The number of ether oxygens (including phenoxy) is 3. The van der Waals surface area contributed by atoms with E-state index in [9.17, 15) is 24.9 Å². The second-order valence-corrected chi connectivity index (χ2v) is 11.3. The number of methoxy groups -OCH3 is 1. The van der Waals surface area contributed by atoms with Gasteiger partial charge >= 0.3 is 5.97 Å². The molecule has 0 radical (unpaired) electrons. The number of carbonyl (C=O) groups is 2. The molecular formula is C30H44N4O8. The lowest BCUT2D eigenvalue weighted by atomic mass is 9.84. The van der Waals surface area contributed by atoms with Crippen LogP contribution in [0.1, 0.15) is 44.1 Å². The quantitative estimate of drug-likeness (QED) is 0.285. The summed E-state index contributed by atoms with van der Waals surface area (Å²) in [7, 11) is 5.53. The number of rotatable bonds is 15. The molecular weight excluding hydrogens is 544 g/mol. The van der Waals surface area contributed by atoms with E-state index in [-0.39, 0.29) is 37.5 Å². The van der Waals surface area contributed by atoms with Gasteiger partial charge in [-0.15, -0.1) is 0 Å². The molecule has 2 aromatic rings. The molecule has 1 amide bonds. The number of aliphatic carboxylic acids is 1. The van der Waals surface area contributed by atoms with Crippen molar-refractivity contribution in [2.24, 2.45) is 5.92 Å². The number of hydrogen-bond donors (Lipinski definition) is 3. The molecule has 1 aromatic heterocycles. The van der Waals surface area contributed by atoms with Gasteiger partial charge < -0.3 is 39.3 Å². The number of fused-ring (bicyclic) bond motifs is 1. The molecule has 3 atom stereocenters. The lowest BCUT2D eigenvalue weighted by Gasteiger charge is -2.30. The van der Waals surface area contributed by atoms with E-state index in [4.69, 9.17) is 14.2 Å². The molecule has 0 saturated carbocycles. The fourth-order valence-corrected chi connectivity index (χ4v) is 6.05. The molecule has 2 aliphatic rings. The molecule has 2 aliphatic heterocycles. The average molecular weight is 589 g/mol. The first-order valence-electron chi connectivity index (χ1n) is 14.6. The third kappa shape index (κ3) is 7.04. The van der Waals surface area contributed by atoms with Gasteiger partial charge in [-0.3, -0.25) is 19.1 Å². The summed E-state index contributed by atoms with van der Waals surface area (Å²) in [5.74, 6) is -1.12. The Balaban J connectivity index is 1.63. The van der Waals surface area contributed by atoms with Gasteiger partial charge in [0.15, 0.2) is 23.3 Å². The Morgan fingerprint density at radius 1 is 1.07 bits per heavy atom. The molecule has 12 heteroatoms. The van der Waals surface area contributed by atoms with E-state index >= 15 is 0 Å². The first-order valence-corrected chi connectivity index (χ1v) is 14.6. The molecule has 3 heterocycles. The van der Waals surface area contributed by atoms with Gasteiger partial charge in [0, 0.05) is 50.3 Å². The normalized spacial score (nSPS) is 19.9. The van der Waals surface area contributed by atoms with Crippen molar-refractivity contribution in [2.75, 3.05) is 60.7 Å². The summed E-state index contributed by atoms with van der Waals surface area (Å²) in [4.78, 5) is 32.5. The number of unbranched alkanes of at least 4 members (excludes halogenated alkanes) is 1. The number of amides is 1. The zero-order valence-electron chi connectivity index (χ0n) is 25.0. The maximum absolute atomic E-state index is 13.7. The van der Waals surface area contributed by atoms with Gasteiger partial charge in [-0.1, -0.05) is 13.3 Å². The molecule has 1 unspecified atom stereocenters. The molecule has 232 valence electrons. The summed E-state index contributed by atoms with van der Waals surface area (Å²) in [6.07, 6.45) is 2.99. The predicted molar refractivity (Wildman–Crippen MR) is 155 cm³/mol. The van der Waals surface area contributed by atoms with Crippen LogP contribution in [0.3, 0.4) is 0 Å². The van der Waals surface area contributed by atoms with Crippen LogP contribution in [-0.2, 0) is 16.1 Å². The number of benzene rings is 1. The van der Waals surface area contributed by atoms with Gasteiger partial charge in [0.2, 0.25) is 18.4 Å². The van der Waals surface area contributed by atoms with Gasteiger partial charge in [0.25, 0.3) is 0 Å². The minimum absolute atomic E-state index is 0.0353. The van der Waals surface area contributed by atoms with Crippen LogP contribution < -0.4 is 14.2 Å². The van der Waals surface area contributed by atoms with Crippen LogP contribution in [0, 0.1) is 5.92 Å². The number of carboxylic acid groups (broad SMARTS) is 1. The number of nitrogens with zero attached hydrogens (tertiary/aromatic N) is 4. The van der Waals surface area contributed by atoms with Crippen molar-refractivity contribution in [3.8, 4) is 29.0 Å². The molecule has 0 bridgehead atoms. The van der Waals surface area contributed by atoms with Crippen molar-refractivity contribution in [2.45, 2.75) is 51.1 Å². The van der Waals surface area contributed by atoms with Crippen LogP contribution in [0.2, 0.25) is 0 Å². The molecule has 12 nitrogen and oxygen atoms in total. The molecule has 1 aromatic carbocycles. The van der Waals surface area contributed by atoms with E-state index in [1.165, 1.54) is 23.8 Å². The third-order valence-electron chi connectivity index (χ3n) is 8.23. The summed E-state index contributed by atoms with van der Waals surface area (Å²) >= 11 is 0. The molecule has 42 heavy (non-hydrogen) atoms. The Morgan fingerprint density at radius 2 is 1.79 bits per heavy atom. The highest BCUT2D eigenvalue weighted by Crippen LogP contribution is 2.47. The first-order chi connectivity index (χ1) is 20.1. The summed E-state index contributed by atoms with van der Waals surface area (Å²) in [6.45, 7) is 4.87. The zero-order valence-corrected chi connectivity index (χ0v) is 25.0. The molecule has 4 rings (SSSR count). The number of hydrogen-bond acceptors (Lipinski definition) is 9. The van der Waals surface area contributed by atoms with Gasteiger partial charge in [0.05, 0.1) is 19.6 Å². The van der Waals surface area contributed by atoms with Crippen molar-refractivity contribution < 1.29 is 39.1 Å². The fourth-order valence-electron chi connectivity index (χ4n) is 6.05. The maximum atomic E-state index is 13.7. The second kappa shape index (κ2) is 14.0. The largest absolute Gasteiger partial charge is 0.494 e. The Bertz CT molecular complexity index is 1210. The van der Waals surface area contributed by atoms with E-state index in [0.29, 0.717) is 43.3 Å². The smallest absolute Gasteiger partial charge is 0.308 e. The second-order valence-electron chi connectivity index (χ2n) is 11.3. The van der Waals surface area contributed by atoms with Gasteiger partial charge in [-0.2, -0.15) is 0 Å². The predicted octanol–water partition coefficient (Wildman–Crippen LogP) is 2.78. The van der Waals surface area contributed by atoms with Gasteiger partial charge in [-0.25, -0.2) is 0 Å². The van der Waals surface area contributed by atoms with Gasteiger partial charge in [0.1, 0.15) is 0 Å². The number of likely N-dealkylation sites (tertiary alicyclic amines) is 1. The van der Waals surface area contributed by atoms with Crippen LogP contribution in [0.5, 0.6) is 29.0 Å². The first kappa shape index (κ1) is 31.3. The number of aromatic hydroxyl groups is 2. The molecule has 1 fully saturated rings. The standard InChI is InChI=1S/C30H44N4O8/c1-5-6-12-32(13-7-11-31(2)3)27(37)18-33-17-21(20-15-23(40-4)29-24(16-20)41-19-42-29)28(30(38)39)22(33)10-14-34-25(35)8-9-26(34)36/h8-9,15-16,21-22,28,35-36H,5-7,10-14,17-19H2,1-4H3,(H,38,39)/t21-,22+,28?/m1/s1. The Labute approximate surface area is 247 Å². The third-order valence-corrected chi connectivity index (χ3v) is 8.23. The van der Waals surface area contributed by atoms with Crippen molar-refractivity contribution >= 4 is 11.9 Å².